The summed E-state index contributed by atoms with van der Waals surface area (Å²) in [6.07, 6.45) is 5.24. The lowest BCUT2D eigenvalue weighted by molar-refractivity contribution is -0.257. The Hall–Kier alpha value is -2.10. The highest BCUT2D eigenvalue weighted by molar-refractivity contribution is 5.32. The monoisotopic (exact) mass is 580 g/mol. The van der Waals surface area contributed by atoms with Crippen LogP contribution in [0.2, 0.25) is 0 Å². The van der Waals surface area contributed by atoms with Crippen molar-refractivity contribution >= 4 is 0 Å². The molecule has 0 aliphatic heterocycles. The lowest BCUT2D eigenvalue weighted by atomic mass is 9.68. The van der Waals surface area contributed by atoms with Crippen molar-refractivity contribution in [2.45, 2.75) is 108 Å². The molecule has 0 aromatic heterocycles. The Morgan fingerprint density at radius 2 is 1.52 bits per heavy atom. The van der Waals surface area contributed by atoms with E-state index in [0.717, 1.165) is 30.9 Å². The summed E-state index contributed by atoms with van der Waals surface area (Å²) >= 11 is 0. The SMILES string of the molecule is CCCCC1CCC(C2CCC(c3cc(F)c(C(F)(F)OC4=CC(F)C(F)(OC(F)F)C=C4)c(F)c3)CC2)CC1. The molecule has 4 rings (SSSR count). The number of ether oxygens (including phenoxy) is 2. The van der Waals surface area contributed by atoms with E-state index in [1.165, 1.54) is 44.9 Å². The maximum absolute atomic E-state index is 14.9. The van der Waals surface area contributed by atoms with Gasteiger partial charge >= 0.3 is 12.7 Å². The first kappa shape index (κ1) is 30.8. The van der Waals surface area contributed by atoms with Crippen molar-refractivity contribution in [1.82, 2.24) is 0 Å². The molecule has 224 valence electrons. The number of unbranched alkanes of at least 4 members (excludes halogenated alkanes) is 1. The van der Waals surface area contributed by atoms with E-state index < -0.39 is 47.7 Å². The van der Waals surface area contributed by atoms with Crippen molar-refractivity contribution in [1.29, 1.82) is 0 Å². The second-order valence-corrected chi connectivity index (χ2v) is 11.4. The topological polar surface area (TPSA) is 18.5 Å². The van der Waals surface area contributed by atoms with Gasteiger partial charge in [-0.15, -0.1) is 0 Å². The minimum absolute atomic E-state index is 0.135. The third kappa shape index (κ3) is 7.21. The van der Waals surface area contributed by atoms with Crippen molar-refractivity contribution in [3.63, 3.8) is 0 Å². The van der Waals surface area contributed by atoms with E-state index in [4.69, 9.17) is 0 Å². The van der Waals surface area contributed by atoms with Crippen LogP contribution in [-0.4, -0.2) is 18.6 Å². The average Bonchev–Trinajstić information content (AvgIpc) is 2.89. The van der Waals surface area contributed by atoms with Gasteiger partial charge in [0.1, 0.15) is 23.0 Å². The van der Waals surface area contributed by atoms with Gasteiger partial charge < -0.3 is 4.74 Å². The van der Waals surface area contributed by atoms with E-state index in [9.17, 15) is 35.1 Å². The highest BCUT2D eigenvalue weighted by Crippen LogP contribution is 2.46. The predicted octanol–water partition coefficient (Wildman–Crippen LogP) is 10.00. The number of allylic oxidation sites excluding steroid dienone is 1. The summed E-state index contributed by atoms with van der Waals surface area (Å²) in [7, 11) is 0. The average molecular weight is 581 g/mol. The van der Waals surface area contributed by atoms with Gasteiger partial charge in [0.05, 0.1) is 0 Å². The fourth-order valence-electron chi connectivity index (χ4n) is 6.58. The quantitative estimate of drug-likeness (QED) is 0.257. The summed E-state index contributed by atoms with van der Waals surface area (Å²) in [4.78, 5) is 0. The first-order valence-corrected chi connectivity index (χ1v) is 14.2. The highest BCUT2D eigenvalue weighted by atomic mass is 19.3. The number of hydrogen-bond acceptors (Lipinski definition) is 2. The van der Waals surface area contributed by atoms with Gasteiger partial charge in [-0.1, -0.05) is 39.0 Å². The van der Waals surface area contributed by atoms with E-state index in [1.54, 1.807) is 0 Å². The van der Waals surface area contributed by atoms with Crippen LogP contribution in [-0.2, 0) is 15.6 Å². The molecule has 0 heterocycles. The molecular formula is C30H36F8O2. The molecule has 2 saturated carbocycles. The van der Waals surface area contributed by atoms with Gasteiger partial charge in [0.25, 0.3) is 5.85 Å². The van der Waals surface area contributed by atoms with Gasteiger partial charge in [-0.25, -0.2) is 17.6 Å². The second kappa shape index (κ2) is 12.8. The molecular weight excluding hydrogens is 544 g/mol. The minimum Gasteiger partial charge on any atom is -0.429 e. The van der Waals surface area contributed by atoms with Crippen LogP contribution in [0.15, 0.2) is 36.1 Å². The van der Waals surface area contributed by atoms with E-state index in [2.05, 4.69) is 16.4 Å². The molecule has 2 unspecified atom stereocenters. The molecule has 2 fully saturated rings. The fourth-order valence-corrected chi connectivity index (χ4v) is 6.58. The fraction of sp³-hybridized carbons (Fsp3) is 0.667. The zero-order chi connectivity index (χ0) is 29.1. The smallest absolute Gasteiger partial charge is 0.429 e. The van der Waals surface area contributed by atoms with Crippen LogP contribution in [0.5, 0.6) is 0 Å². The predicted molar refractivity (Wildman–Crippen MR) is 134 cm³/mol. The Bertz CT molecular complexity index is 1030. The molecule has 0 radical (unpaired) electrons. The standard InChI is InChI=1S/C30H36F8O2/c1-2-3-4-18-5-7-19(8-6-18)20-9-11-21(12-10-20)22-15-24(31)27(25(32)16-22)30(37,38)39-23-13-14-29(36,26(33)17-23)40-28(34)35/h13-21,26,28H,2-12H2,1H3. The van der Waals surface area contributed by atoms with Gasteiger partial charge in [0, 0.05) is 0 Å². The van der Waals surface area contributed by atoms with Gasteiger partial charge in [-0.2, -0.15) is 17.6 Å². The second-order valence-electron chi connectivity index (χ2n) is 11.4. The molecule has 3 aliphatic carbocycles. The zero-order valence-electron chi connectivity index (χ0n) is 22.5. The normalized spacial score (nSPS) is 31.4. The Morgan fingerprint density at radius 1 is 0.950 bits per heavy atom. The minimum atomic E-state index is -4.59. The molecule has 2 atom stereocenters. The molecule has 0 amide bonds. The van der Waals surface area contributed by atoms with Crippen LogP contribution in [0.25, 0.3) is 0 Å². The first-order chi connectivity index (χ1) is 18.9. The summed E-state index contributed by atoms with van der Waals surface area (Å²) < 4.78 is 120. The van der Waals surface area contributed by atoms with Crippen molar-refractivity contribution < 1.29 is 44.6 Å². The molecule has 1 aromatic rings. The molecule has 10 heteroatoms. The Balaban J connectivity index is 1.36. The van der Waals surface area contributed by atoms with Crippen molar-refractivity contribution in [3.05, 3.63) is 58.9 Å². The van der Waals surface area contributed by atoms with Crippen LogP contribution in [0.1, 0.15) is 94.6 Å². The van der Waals surface area contributed by atoms with Crippen molar-refractivity contribution in [3.8, 4) is 0 Å². The summed E-state index contributed by atoms with van der Waals surface area (Å²) in [5, 5.41) is 0. The lowest BCUT2D eigenvalue weighted by Gasteiger charge is -2.38. The molecule has 0 saturated heterocycles. The molecule has 1 aromatic carbocycles. The Morgan fingerprint density at radius 3 is 2.05 bits per heavy atom. The Kier molecular flexibility index (Phi) is 9.89. The van der Waals surface area contributed by atoms with E-state index in [0.29, 0.717) is 36.3 Å². The van der Waals surface area contributed by atoms with E-state index in [-0.39, 0.29) is 18.1 Å². The molecule has 0 bridgehead atoms. The van der Waals surface area contributed by atoms with E-state index in [1.807, 2.05) is 0 Å². The Labute approximate surface area is 229 Å². The third-order valence-electron chi connectivity index (χ3n) is 8.80. The third-order valence-corrected chi connectivity index (χ3v) is 8.80. The summed E-state index contributed by atoms with van der Waals surface area (Å²) in [5.41, 5.74) is -1.38. The zero-order valence-corrected chi connectivity index (χ0v) is 22.5. The molecule has 2 nitrogen and oxygen atoms in total. The maximum atomic E-state index is 14.9. The number of rotatable bonds is 10. The summed E-state index contributed by atoms with van der Waals surface area (Å²) in [6, 6.07) is 1.76. The van der Waals surface area contributed by atoms with Gasteiger partial charge in [0.15, 0.2) is 6.17 Å². The highest BCUT2D eigenvalue weighted by Gasteiger charge is 2.46. The number of halogens is 8. The molecule has 0 spiro atoms. The number of benzene rings is 1. The lowest BCUT2D eigenvalue weighted by Crippen LogP contribution is -2.38. The van der Waals surface area contributed by atoms with Crippen LogP contribution >= 0.6 is 0 Å². The largest absolute Gasteiger partial charge is 0.432 e. The van der Waals surface area contributed by atoms with Crippen LogP contribution < -0.4 is 0 Å². The van der Waals surface area contributed by atoms with Crippen LogP contribution in [0.4, 0.5) is 35.1 Å². The van der Waals surface area contributed by atoms with Crippen LogP contribution in [0, 0.1) is 29.4 Å². The first-order valence-electron chi connectivity index (χ1n) is 14.2. The van der Waals surface area contributed by atoms with Gasteiger partial charge in [0.2, 0.25) is 0 Å². The van der Waals surface area contributed by atoms with Crippen molar-refractivity contribution in [2.24, 2.45) is 17.8 Å². The maximum Gasteiger partial charge on any atom is 0.432 e. The molecule has 0 N–H and O–H groups in total. The molecule has 3 aliphatic rings. The molecule has 40 heavy (non-hydrogen) atoms. The van der Waals surface area contributed by atoms with Crippen LogP contribution in [0.3, 0.4) is 0 Å². The van der Waals surface area contributed by atoms with Gasteiger partial charge in [-0.3, -0.25) is 4.74 Å². The number of hydrogen-bond donors (Lipinski definition) is 0. The van der Waals surface area contributed by atoms with E-state index >= 15 is 0 Å². The van der Waals surface area contributed by atoms with Crippen molar-refractivity contribution in [2.75, 3.05) is 0 Å². The number of alkyl halides is 6. The summed E-state index contributed by atoms with van der Waals surface area (Å²) in [6.45, 7) is -1.46. The summed E-state index contributed by atoms with van der Waals surface area (Å²) in [5.74, 6) is -5.74. The van der Waals surface area contributed by atoms with Gasteiger partial charge in [-0.05, 0) is 98.1 Å².